The molecule has 1 aromatic heterocycles. The van der Waals surface area contributed by atoms with Crippen LogP contribution in [0.25, 0.3) is 6.08 Å². The van der Waals surface area contributed by atoms with Crippen molar-refractivity contribution in [3.05, 3.63) is 101 Å². The summed E-state index contributed by atoms with van der Waals surface area (Å²) in [5.74, 6) is -0.0977. The highest BCUT2D eigenvalue weighted by molar-refractivity contribution is 8.26. The molecule has 1 fully saturated rings. The van der Waals surface area contributed by atoms with Gasteiger partial charge < -0.3 is 4.74 Å². The molecule has 0 bridgehead atoms. The van der Waals surface area contributed by atoms with Gasteiger partial charge in [-0.3, -0.25) is 20.0 Å². The fourth-order valence-electron chi connectivity index (χ4n) is 2.78. The molecule has 6 nitrogen and oxygen atoms in total. The molecule has 1 aliphatic rings. The van der Waals surface area contributed by atoms with Crippen molar-refractivity contribution in [2.24, 2.45) is 0 Å². The number of nitrogens with zero attached hydrogens (tertiary/aromatic N) is 2. The first-order valence-electron chi connectivity index (χ1n) is 9.36. The number of benzene rings is 2. The number of carbonyl (C=O) groups is 2. The second-order valence-corrected chi connectivity index (χ2v) is 8.22. The number of hydrogen-bond donors (Lipinski definition) is 1. The van der Waals surface area contributed by atoms with Gasteiger partial charge >= 0.3 is 0 Å². The molecular formula is C23H17N3O3S2. The minimum atomic E-state index is -0.453. The highest BCUT2D eigenvalue weighted by atomic mass is 32.2. The van der Waals surface area contributed by atoms with E-state index in [0.29, 0.717) is 17.1 Å². The Hall–Kier alpha value is -3.49. The number of aromatic nitrogens is 1. The normalized spacial score (nSPS) is 14.7. The summed E-state index contributed by atoms with van der Waals surface area (Å²) in [6.07, 6.45) is 4.72. The molecule has 31 heavy (non-hydrogen) atoms. The largest absolute Gasteiger partial charge is 0.489 e. The second-order valence-electron chi connectivity index (χ2n) is 6.54. The van der Waals surface area contributed by atoms with Crippen molar-refractivity contribution in [1.82, 2.24) is 15.4 Å². The Bertz CT molecular complexity index is 1130. The molecule has 4 rings (SSSR count). The molecule has 1 saturated heterocycles. The zero-order chi connectivity index (χ0) is 21.6. The molecule has 0 atom stereocenters. The van der Waals surface area contributed by atoms with Crippen molar-refractivity contribution < 1.29 is 14.3 Å². The predicted octanol–water partition coefficient (Wildman–Crippen LogP) is 4.21. The summed E-state index contributed by atoms with van der Waals surface area (Å²) < 4.78 is 6.04. The third-order valence-electron chi connectivity index (χ3n) is 4.36. The van der Waals surface area contributed by atoms with E-state index in [1.54, 1.807) is 24.4 Å². The molecule has 1 N–H and O–H groups in total. The average Bonchev–Trinajstić information content (AvgIpc) is 3.07. The first kappa shape index (κ1) is 20.8. The molecule has 0 spiro atoms. The number of amides is 2. The van der Waals surface area contributed by atoms with Gasteiger partial charge in [0, 0.05) is 12.4 Å². The molecule has 2 aromatic carbocycles. The number of nitrogens with one attached hydrogen (secondary N) is 1. The SMILES string of the molecule is O=C(NN1C(=O)/C(=C/c2ccc(OCc3ccccc3)cc2)SC1=S)c1cccnc1. The maximum Gasteiger partial charge on any atom is 0.285 e. The minimum absolute atomic E-state index is 0.260. The van der Waals surface area contributed by atoms with Crippen LogP contribution in [0, 0.1) is 0 Å². The molecular weight excluding hydrogens is 430 g/mol. The zero-order valence-electron chi connectivity index (χ0n) is 16.2. The van der Waals surface area contributed by atoms with Gasteiger partial charge in [-0.1, -0.05) is 54.2 Å². The van der Waals surface area contributed by atoms with E-state index in [9.17, 15) is 9.59 Å². The van der Waals surface area contributed by atoms with Gasteiger partial charge in [-0.25, -0.2) is 0 Å². The van der Waals surface area contributed by atoms with Crippen LogP contribution >= 0.6 is 24.0 Å². The number of thioether (sulfide) groups is 1. The predicted molar refractivity (Wildman–Crippen MR) is 124 cm³/mol. The molecule has 154 valence electrons. The zero-order valence-corrected chi connectivity index (χ0v) is 17.9. The summed E-state index contributed by atoms with van der Waals surface area (Å²) in [4.78, 5) is 29.3. The first-order valence-corrected chi connectivity index (χ1v) is 10.6. The van der Waals surface area contributed by atoms with E-state index in [0.717, 1.165) is 33.6 Å². The number of rotatable bonds is 6. The lowest BCUT2D eigenvalue weighted by Crippen LogP contribution is -2.44. The van der Waals surface area contributed by atoms with E-state index < -0.39 is 5.91 Å². The van der Waals surface area contributed by atoms with Crippen molar-refractivity contribution in [2.45, 2.75) is 6.61 Å². The summed E-state index contributed by atoms with van der Waals surface area (Å²) in [6.45, 7) is 0.482. The van der Waals surface area contributed by atoms with E-state index in [1.165, 1.54) is 6.20 Å². The third-order valence-corrected chi connectivity index (χ3v) is 5.66. The Morgan fingerprint density at radius 2 is 1.87 bits per heavy atom. The summed E-state index contributed by atoms with van der Waals surface area (Å²) in [6, 6.07) is 20.6. The van der Waals surface area contributed by atoms with Gasteiger partial charge in [-0.2, -0.15) is 5.01 Å². The monoisotopic (exact) mass is 447 g/mol. The topological polar surface area (TPSA) is 71.5 Å². The van der Waals surface area contributed by atoms with Gasteiger partial charge in [0.2, 0.25) is 0 Å². The van der Waals surface area contributed by atoms with Crippen LogP contribution in [0.5, 0.6) is 5.75 Å². The lowest BCUT2D eigenvalue weighted by molar-refractivity contribution is -0.123. The van der Waals surface area contributed by atoms with E-state index in [4.69, 9.17) is 17.0 Å². The van der Waals surface area contributed by atoms with Gasteiger partial charge in [-0.05, 0) is 53.7 Å². The molecule has 2 heterocycles. The van der Waals surface area contributed by atoms with Gasteiger partial charge in [-0.15, -0.1) is 0 Å². The smallest absolute Gasteiger partial charge is 0.285 e. The van der Waals surface area contributed by atoms with Crippen LogP contribution in [-0.4, -0.2) is 26.1 Å². The van der Waals surface area contributed by atoms with Crippen molar-refractivity contribution in [3.63, 3.8) is 0 Å². The summed E-state index contributed by atoms with van der Waals surface area (Å²) in [5, 5.41) is 1.08. The van der Waals surface area contributed by atoms with Crippen LogP contribution in [0.2, 0.25) is 0 Å². The minimum Gasteiger partial charge on any atom is -0.489 e. The Morgan fingerprint density at radius 3 is 2.58 bits per heavy atom. The summed E-state index contributed by atoms with van der Waals surface area (Å²) >= 11 is 6.39. The number of hydrazine groups is 1. The third kappa shape index (κ3) is 5.17. The van der Waals surface area contributed by atoms with E-state index in [2.05, 4.69) is 10.4 Å². The van der Waals surface area contributed by atoms with Crippen molar-refractivity contribution >= 4 is 46.2 Å². The first-order chi connectivity index (χ1) is 15.1. The maximum absolute atomic E-state index is 12.7. The van der Waals surface area contributed by atoms with Crippen LogP contribution in [0.4, 0.5) is 0 Å². The maximum atomic E-state index is 12.7. The molecule has 2 amide bonds. The van der Waals surface area contributed by atoms with Gasteiger partial charge in [0.25, 0.3) is 11.8 Å². The second kappa shape index (κ2) is 9.55. The lowest BCUT2D eigenvalue weighted by Gasteiger charge is -2.15. The highest BCUT2D eigenvalue weighted by Crippen LogP contribution is 2.31. The molecule has 1 aliphatic heterocycles. The highest BCUT2D eigenvalue weighted by Gasteiger charge is 2.33. The summed E-state index contributed by atoms with van der Waals surface area (Å²) in [7, 11) is 0. The quantitative estimate of drug-likeness (QED) is 0.451. The van der Waals surface area contributed by atoms with E-state index in [1.807, 2.05) is 54.6 Å². The Kier molecular flexibility index (Phi) is 6.40. The fourth-order valence-corrected chi connectivity index (χ4v) is 3.96. The molecule has 0 radical (unpaired) electrons. The number of thiocarbonyl (C=S) groups is 1. The summed E-state index contributed by atoms with van der Waals surface area (Å²) in [5.41, 5.74) is 4.79. The molecule has 0 unspecified atom stereocenters. The van der Waals surface area contributed by atoms with Crippen molar-refractivity contribution in [3.8, 4) is 5.75 Å². The molecule has 0 saturated carbocycles. The lowest BCUT2D eigenvalue weighted by atomic mass is 10.2. The van der Waals surface area contributed by atoms with Crippen LogP contribution in [0.3, 0.4) is 0 Å². The molecule has 0 aliphatic carbocycles. The van der Waals surface area contributed by atoms with Crippen LogP contribution in [-0.2, 0) is 11.4 Å². The number of pyridine rings is 1. The van der Waals surface area contributed by atoms with Gasteiger partial charge in [0.15, 0.2) is 4.32 Å². The van der Waals surface area contributed by atoms with Crippen molar-refractivity contribution in [2.75, 3.05) is 0 Å². The van der Waals surface area contributed by atoms with E-state index >= 15 is 0 Å². The number of hydrogen-bond acceptors (Lipinski definition) is 6. The Morgan fingerprint density at radius 1 is 1.10 bits per heavy atom. The van der Waals surface area contributed by atoms with Gasteiger partial charge in [0.05, 0.1) is 10.5 Å². The average molecular weight is 448 g/mol. The Labute approximate surface area is 188 Å². The number of ether oxygens (including phenoxy) is 1. The van der Waals surface area contributed by atoms with Gasteiger partial charge in [0.1, 0.15) is 12.4 Å². The van der Waals surface area contributed by atoms with Crippen molar-refractivity contribution in [1.29, 1.82) is 0 Å². The number of carbonyl (C=O) groups excluding carboxylic acids is 2. The van der Waals surface area contributed by atoms with Crippen LogP contribution in [0.1, 0.15) is 21.5 Å². The Balaban J connectivity index is 1.40. The molecule has 8 heteroatoms. The fraction of sp³-hybridized carbons (Fsp3) is 0.0435. The van der Waals surface area contributed by atoms with E-state index in [-0.39, 0.29) is 10.2 Å². The van der Waals surface area contributed by atoms with Crippen LogP contribution < -0.4 is 10.2 Å². The molecule has 3 aromatic rings. The van der Waals surface area contributed by atoms with Crippen LogP contribution in [0.15, 0.2) is 84.0 Å². The standard InChI is InChI=1S/C23H17N3O3S2/c27-21(18-7-4-12-24-14-18)25-26-22(28)20(31-23(26)30)13-16-8-10-19(11-9-16)29-15-17-5-2-1-3-6-17/h1-14H,15H2,(H,25,27)/b20-13-.